The minimum atomic E-state index is -2.83. The molecule has 0 aromatic heterocycles. The first kappa shape index (κ1) is 15.5. The van der Waals surface area contributed by atoms with Crippen LogP contribution in [0, 0.1) is 5.92 Å². The number of hydrogen-bond acceptors (Lipinski definition) is 3. The monoisotopic (exact) mass is 295 g/mol. The number of nitrogens with one attached hydrogen (secondary N) is 1. The van der Waals surface area contributed by atoms with E-state index in [0.717, 1.165) is 25.8 Å². The Morgan fingerprint density at radius 3 is 2.75 bits per heavy atom. The van der Waals surface area contributed by atoms with Gasteiger partial charge in [-0.3, -0.25) is 0 Å². The fraction of sp³-hybridized carbons (Fsp3) is 0.625. The van der Waals surface area contributed by atoms with E-state index in [1.807, 2.05) is 0 Å². The molecule has 4 heteroatoms. The molecule has 1 saturated heterocycles. The molecule has 1 fully saturated rings. The average Bonchev–Trinajstić information content (AvgIpc) is 2.77. The van der Waals surface area contributed by atoms with E-state index in [2.05, 4.69) is 43.4 Å². The van der Waals surface area contributed by atoms with Crippen molar-refractivity contribution in [3.63, 3.8) is 0 Å². The van der Waals surface area contributed by atoms with E-state index in [9.17, 15) is 8.42 Å². The quantitative estimate of drug-likeness (QED) is 0.878. The Morgan fingerprint density at radius 1 is 1.35 bits per heavy atom. The van der Waals surface area contributed by atoms with Crippen LogP contribution in [0.2, 0.25) is 0 Å². The molecule has 0 radical (unpaired) electrons. The van der Waals surface area contributed by atoms with Crippen LogP contribution >= 0.6 is 0 Å². The molecule has 1 aromatic rings. The maximum atomic E-state index is 11.7. The van der Waals surface area contributed by atoms with Crippen LogP contribution in [0.3, 0.4) is 0 Å². The predicted octanol–water partition coefficient (Wildman–Crippen LogP) is 2.72. The molecule has 0 aliphatic carbocycles. The number of sulfone groups is 1. The van der Waals surface area contributed by atoms with Crippen LogP contribution in [0.15, 0.2) is 24.3 Å². The van der Waals surface area contributed by atoms with Crippen LogP contribution < -0.4 is 5.32 Å². The molecule has 112 valence electrons. The van der Waals surface area contributed by atoms with Gasteiger partial charge in [-0.25, -0.2) is 8.42 Å². The molecule has 3 nitrogen and oxygen atoms in total. The largest absolute Gasteiger partial charge is 0.310 e. The van der Waals surface area contributed by atoms with Crippen molar-refractivity contribution < 1.29 is 8.42 Å². The molecule has 1 aliphatic heterocycles. The first-order chi connectivity index (χ1) is 9.55. The summed E-state index contributed by atoms with van der Waals surface area (Å²) >= 11 is 0. The van der Waals surface area contributed by atoms with Crippen molar-refractivity contribution in [2.75, 3.05) is 18.1 Å². The third kappa shape index (κ3) is 3.83. The second kappa shape index (κ2) is 6.72. The number of hydrogen-bond donors (Lipinski definition) is 1. The van der Waals surface area contributed by atoms with E-state index >= 15 is 0 Å². The highest BCUT2D eigenvalue weighted by Crippen LogP contribution is 2.31. The molecule has 20 heavy (non-hydrogen) atoms. The normalized spacial score (nSPS) is 22.8. The highest BCUT2D eigenvalue weighted by atomic mass is 32.2. The maximum absolute atomic E-state index is 11.7. The summed E-state index contributed by atoms with van der Waals surface area (Å²) in [5.74, 6) is 0.869. The maximum Gasteiger partial charge on any atom is 0.150 e. The molecule has 1 heterocycles. The van der Waals surface area contributed by atoms with Crippen LogP contribution in [0.25, 0.3) is 0 Å². The second-order valence-corrected chi connectivity index (χ2v) is 7.92. The van der Waals surface area contributed by atoms with Crippen LogP contribution in [0.5, 0.6) is 0 Å². The van der Waals surface area contributed by atoms with Gasteiger partial charge in [0, 0.05) is 6.04 Å². The van der Waals surface area contributed by atoms with Gasteiger partial charge < -0.3 is 5.32 Å². The van der Waals surface area contributed by atoms with Crippen LogP contribution in [-0.4, -0.2) is 26.5 Å². The molecular formula is C16H25NO2S. The number of aryl methyl sites for hydroxylation is 1. The Balaban J connectivity index is 2.22. The predicted molar refractivity (Wildman–Crippen MR) is 83.6 cm³/mol. The lowest BCUT2D eigenvalue weighted by Crippen LogP contribution is -2.29. The van der Waals surface area contributed by atoms with E-state index in [1.165, 1.54) is 11.1 Å². The van der Waals surface area contributed by atoms with Crippen molar-refractivity contribution in [1.29, 1.82) is 0 Å². The highest BCUT2D eigenvalue weighted by Gasteiger charge is 2.34. The Labute approximate surface area is 122 Å². The van der Waals surface area contributed by atoms with Gasteiger partial charge >= 0.3 is 0 Å². The standard InChI is InChI=1S/C16H25NO2S/c1-3-6-13-7-5-8-14(11-13)16(17-4-2)15-9-10-20(18,19)12-15/h5,7-8,11,15-17H,3-4,6,9-10,12H2,1-2H3. The smallest absolute Gasteiger partial charge is 0.150 e. The summed E-state index contributed by atoms with van der Waals surface area (Å²) in [4.78, 5) is 0. The third-order valence-corrected chi connectivity index (χ3v) is 5.81. The Kier molecular flexibility index (Phi) is 5.22. The fourth-order valence-electron chi connectivity index (χ4n) is 3.09. The zero-order valence-electron chi connectivity index (χ0n) is 12.4. The molecule has 1 N–H and O–H groups in total. The van der Waals surface area contributed by atoms with Crippen LogP contribution in [0.1, 0.15) is 43.9 Å². The van der Waals surface area contributed by atoms with Gasteiger partial charge in [0.25, 0.3) is 0 Å². The SMILES string of the molecule is CCCc1cccc(C(NCC)C2CCS(=O)(=O)C2)c1. The van der Waals surface area contributed by atoms with Crippen LogP contribution in [0.4, 0.5) is 0 Å². The van der Waals surface area contributed by atoms with Crippen molar-refractivity contribution >= 4 is 9.84 Å². The average molecular weight is 295 g/mol. The first-order valence-corrected chi connectivity index (χ1v) is 9.40. The topological polar surface area (TPSA) is 46.2 Å². The summed E-state index contributed by atoms with van der Waals surface area (Å²) < 4.78 is 23.4. The minimum absolute atomic E-state index is 0.161. The lowest BCUT2D eigenvalue weighted by molar-refractivity contribution is 0.400. The lowest BCUT2D eigenvalue weighted by atomic mass is 9.91. The summed E-state index contributed by atoms with van der Waals surface area (Å²) in [6.07, 6.45) is 2.99. The highest BCUT2D eigenvalue weighted by molar-refractivity contribution is 7.91. The lowest BCUT2D eigenvalue weighted by Gasteiger charge is -2.24. The Morgan fingerprint density at radius 2 is 2.15 bits per heavy atom. The van der Waals surface area contributed by atoms with Gasteiger partial charge in [-0.05, 0) is 36.4 Å². The second-order valence-electron chi connectivity index (χ2n) is 5.69. The van der Waals surface area contributed by atoms with Gasteiger partial charge in [0.05, 0.1) is 11.5 Å². The molecule has 1 aromatic carbocycles. The van der Waals surface area contributed by atoms with Gasteiger partial charge in [-0.2, -0.15) is 0 Å². The van der Waals surface area contributed by atoms with Crippen molar-refractivity contribution in [3.8, 4) is 0 Å². The number of benzene rings is 1. The molecule has 0 spiro atoms. The summed E-state index contributed by atoms with van der Waals surface area (Å²) in [7, 11) is -2.83. The molecule has 2 atom stereocenters. The zero-order chi connectivity index (χ0) is 14.6. The molecule has 2 unspecified atom stereocenters. The minimum Gasteiger partial charge on any atom is -0.310 e. The van der Waals surface area contributed by atoms with Crippen molar-refractivity contribution in [1.82, 2.24) is 5.32 Å². The van der Waals surface area contributed by atoms with Gasteiger partial charge in [0.15, 0.2) is 9.84 Å². The van der Waals surface area contributed by atoms with Crippen molar-refractivity contribution in [3.05, 3.63) is 35.4 Å². The summed E-state index contributed by atoms with van der Waals surface area (Å²) in [5.41, 5.74) is 2.58. The van der Waals surface area contributed by atoms with Gasteiger partial charge in [0.2, 0.25) is 0 Å². The van der Waals surface area contributed by atoms with Gasteiger partial charge in [-0.15, -0.1) is 0 Å². The molecule has 0 amide bonds. The molecule has 1 aliphatic rings. The third-order valence-electron chi connectivity index (χ3n) is 4.01. The van der Waals surface area contributed by atoms with Crippen LogP contribution in [-0.2, 0) is 16.3 Å². The number of rotatable bonds is 6. The van der Waals surface area contributed by atoms with Gasteiger partial charge in [0.1, 0.15) is 0 Å². The van der Waals surface area contributed by atoms with E-state index in [4.69, 9.17) is 0 Å². The van der Waals surface area contributed by atoms with E-state index < -0.39 is 9.84 Å². The van der Waals surface area contributed by atoms with Crippen molar-refractivity contribution in [2.45, 2.75) is 39.2 Å². The fourth-order valence-corrected chi connectivity index (χ4v) is 4.93. The van der Waals surface area contributed by atoms with E-state index in [0.29, 0.717) is 11.5 Å². The molecular weight excluding hydrogens is 270 g/mol. The summed E-state index contributed by atoms with van der Waals surface area (Å²) in [6.45, 7) is 5.11. The molecule has 2 rings (SSSR count). The Hall–Kier alpha value is -0.870. The zero-order valence-corrected chi connectivity index (χ0v) is 13.2. The summed E-state index contributed by atoms with van der Waals surface area (Å²) in [6, 6.07) is 8.77. The summed E-state index contributed by atoms with van der Waals surface area (Å²) in [5, 5.41) is 3.48. The van der Waals surface area contributed by atoms with E-state index in [-0.39, 0.29) is 12.0 Å². The first-order valence-electron chi connectivity index (χ1n) is 7.58. The Bertz CT molecular complexity index is 539. The van der Waals surface area contributed by atoms with E-state index in [1.54, 1.807) is 0 Å². The van der Waals surface area contributed by atoms with Crippen molar-refractivity contribution in [2.24, 2.45) is 5.92 Å². The molecule has 0 saturated carbocycles. The molecule has 0 bridgehead atoms. The van der Waals surface area contributed by atoms with Gasteiger partial charge in [-0.1, -0.05) is 44.5 Å².